The number of nitrogens with zero attached hydrogens (tertiary/aromatic N) is 1. The van der Waals surface area contributed by atoms with Gasteiger partial charge in [-0.25, -0.2) is 4.79 Å². The molecule has 3 rings (SSSR count). The molecule has 0 aromatic heterocycles. The molecular formula is C19H30ClN3O2. The molecule has 2 amide bonds. The van der Waals surface area contributed by atoms with Crippen LogP contribution >= 0.6 is 12.4 Å². The predicted molar refractivity (Wildman–Crippen MR) is 102 cm³/mol. The van der Waals surface area contributed by atoms with Crippen LogP contribution in [-0.4, -0.2) is 43.2 Å². The lowest BCUT2D eigenvalue weighted by atomic mass is 9.93. The molecule has 0 spiro atoms. The highest BCUT2D eigenvalue weighted by molar-refractivity contribution is 5.85. The molecule has 1 heterocycles. The summed E-state index contributed by atoms with van der Waals surface area (Å²) in [7, 11) is 0. The highest BCUT2D eigenvalue weighted by Gasteiger charge is 2.41. The van der Waals surface area contributed by atoms with Crippen LogP contribution in [0, 0.1) is 11.8 Å². The highest BCUT2D eigenvalue weighted by Crippen LogP contribution is 2.35. The Bertz CT molecular complexity index is 538. The number of ether oxygens (including phenoxy) is 1. The smallest absolute Gasteiger partial charge is 0.317 e. The van der Waals surface area contributed by atoms with Gasteiger partial charge >= 0.3 is 6.03 Å². The molecule has 3 atom stereocenters. The second-order valence-electron chi connectivity index (χ2n) is 6.99. The lowest BCUT2D eigenvalue weighted by Gasteiger charge is -2.36. The summed E-state index contributed by atoms with van der Waals surface area (Å²) in [6, 6.07) is 8.57. The van der Waals surface area contributed by atoms with Gasteiger partial charge in [-0.1, -0.05) is 12.1 Å². The Balaban J connectivity index is 0.00000225. The van der Waals surface area contributed by atoms with Crippen molar-refractivity contribution in [2.45, 2.75) is 38.6 Å². The van der Waals surface area contributed by atoms with E-state index in [1.807, 2.05) is 24.0 Å². The van der Waals surface area contributed by atoms with Crippen molar-refractivity contribution in [3.05, 3.63) is 29.8 Å². The Labute approximate surface area is 156 Å². The van der Waals surface area contributed by atoms with Gasteiger partial charge in [0.2, 0.25) is 0 Å². The second kappa shape index (κ2) is 9.30. The average molecular weight is 368 g/mol. The number of likely N-dealkylation sites (tertiary alicyclic amines) is 1. The van der Waals surface area contributed by atoms with E-state index in [0.29, 0.717) is 31.0 Å². The molecule has 6 heteroatoms. The fourth-order valence-electron chi connectivity index (χ4n) is 3.95. The third-order valence-corrected chi connectivity index (χ3v) is 5.35. The van der Waals surface area contributed by atoms with Crippen molar-refractivity contribution in [1.29, 1.82) is 0 Å². The molecular weight excluding hydrogens is 338 g/mol. The largest absolute Gasteiger partial charge is 0.494 e. The number of rotatable bonds is 6. The van der Waals surface area contributed by atoms with Gasteiger partial charge in [0.1, 0.15) is 5.75 Å². The van der Waals surface area contributed by atoms with E-state index < -0.39 is 0 Å². The van der Waals surface area contributed by atoms with Gasteiger partial charge in [-0.3, -0.25) is 0 Å². The minimum Gasteiger partial charge on any atom is -0.494 e. The molecule has 140 valence electrons. The molecule has 3 N–H and O–H groups in total. The van der Waals surface area contributed by atoms with Crippen LogP contribution in [0.15, 0.2) is 24.3 Å². The third kappa shape index (κ3) is 5.02. The third-order valence-electron chi connectivity index (χ3n) is 5.35. The minimum atomic E-state index is 0. The SMILES string of the molecule is CCOc1ccc(CCCNC(=O)N2C[C@H]3CC[C@@H](C2)C3N)cc1.Cl. The molecule has 5 nitrogen and oxygen atoms in total. The van der Waals surface area contributed by atoms with Crippen molar-refractivity contribution < 1.29 is 9.53 Å². The summed E-state index contributed by atoms with van der Waals surface area (Å²) in [5, 5.41) is 3.06. The molecule has 1 aromatic rings. The summed E-state index contributed by atoms with van der Waals surface area (Å²) in [4.78, 5) is 14.3. The average Bonchev–Trinajstić information content (AvgIpc) is 2.81. The number of benzene rings is 1. The zero-order valence-corrected chi connectivity index (χ0v) is 15.8. The van der Waals surface area contributed by atoms with Crippen molar-refractivity contribution in [3.8, 4) is 5.75 Å². The van der Waals surface area contributed by atoms with Crippen LogP contribution in [0.5, 0.6) is 5.75 Å². The quantitative estimate of drug-likeness (QED) is 0.760. The Morgan fingerprint density at radius 1 is 1.24 bits per heavy atom. The maximum Gasteiger partial charge on any atom is 0.317 e. The van der Waals surface area contributed by atoms with Crippen molar-refractivity contribution in [2.24, 2.45) is 17.6 Å². The molecule has 1 aromatic carbocycles. The fraction of sp³-hybridized carbons (Fsp3) is 0.632. The molecule has 2 fully saturated rings. The summed E-state index contributed by atoms with van der Waals surface area (Å²) in [5.41, 5.74) is 7.47. The maximum absolute atomic E-state index is 12.3. The summed E-state index contributed by atoms with van der Waals surface area (Å²) in [5.74, 6) is 1.91. The van der Waals surface area contributed by atoms with Gasteiger partial charge in [0.25, 0.3) is 0 Å². The standard InChI is InChI=1S/C19H29N3O2.ClH/c1-2-24-17-9-5-14(6-10-17)4-3-11-21-19(23)22-12-15-7-8-16(13-22)18(15)20;/h5-6,9-10,15-16,18H,2-4,7-8,11-13,20H2,1H3,(H,21,23);1H/t15-,16+,18?;. The van der Waals surface area contributed by atoms with Crippen LogP contribution in [-0.2, 0) is 6.42 Å². The Morgan fingerprint density at radius 3 is 2.48 bits per heavy atom. The van der Waals surface area contributed by atoms with Crippen LogP contribution in [0.4, 0.5) is 4.79 Å². The number of amides is 2. The van der Waals surface area contributed by atoms with E-state index in [9.17, 15) is 4.79 Å². The van der Waals surface area contributed by atoms with E-state index >= 15 is 0 Å². The number of halogens is 1. The van der Waals surface area contributed by atoms with Gasteiger partial charge in [-0.15, -0.1) is 12.4 Å². The summed E-state index contributed by atoms with van der Waals surface area (Å²) < 4.78 is 5.44. The lowest BCUT2D eigenvalue weighted by molar-refractivity contribution is 0.150. The van der Waals surface area contributed by atoms with Crippen molar-refractivity contribution in [1.82, 2.24) is 10.2 Å². The van der Waals surface area contributed by atoms with Crippen LogP contribution in [0.25, 0.3) is 0 Å². The zero-order valence-electron chi connectivity index (χ0n) is 14.9. The van der Waals surface area contributed by atoms with E-state index in [1.165, 1.54) is 18.4 Å². The van der Waals surface area contributed by atoms with Gasteiger partial charge in [0.15, 0.2) is 0 Å². The molecule has 1 unspecified atom stereocenters. The number of hydrogen-bond donors (Lipinski definition) is 2. The Morgan fingerprint density at radius 2 is 1.88 bits per heavy atom. The van der Waals surface area contributed by atoms with E-state index in [-0.39, 0.29) is 18.4 Å². The first-order valence-corrected chi connectivity index (χ1v) is 9.17. The van der Waals surface area contributed by atoms with Crippen molar-refractivity contribution >= 4 is 18.4 Å². The van der Waals surface area contributed by atoms with Crippen LogP contribution in [0.1, 0.15) is 31.7 Å². The number of hydrogen-bond acceptors (Lipinski definition) is 3. The fourth-order valence-corrected chi connectivity index (χ4v) is 3.95. The normalized spacial score (nSPS) is 24.6. The van der Waals surface area contributed by atoms with Gasteiger partial charge in [-0.05, 0) is 62.1 Å². The van der Waals surface area contributed by atoms with Crippen LogP contribution in [0.3, 0.4) is 0 Å². The number of carbonyl (C=O) groups excluding carboxylic acids is 1. The van der Waals surface area contributed by atoms with Gasteiger partial charge < -0.3 is 20.7 Å². The summed E-state index contributed by atoms with van der Waals surface area (Å²) >= 11 is 0. The molecule has 1 saturated heterocycles. The Hall–Kier alpha value is -1.46. The van der Waals surface area contributed by atoms with E-state index in [4.69, 9.17) is 10.5 Å². The Kier molecular flexibility index (Phi) is 7.38. The number of carbonyl (C=O) groups is 1. The van der Waals surface area contributed by atoms with Gasteiger partial charge in [0.05, 0.1) is 6.61 Å². The van der Waals surface area contributed by atoms with E-state index in [0.717, 1.165) is 31.7 Å². The summed E-state index contributed by atoms with van der Waals surface area (Å²) in [6.07, 6.45) is 4.25. The molecule has 1 aliphatic heterocycles. The van der Waals surface area contributed by atoms with Crippen molar-refractivity contribution in [3.63, 3.8) is 0 Å². The van der Waals surface area contributed by atoms with E-state index in [2.05, 4.69) is 17.4 Å². The number of aryl methyl sites for hydroxylation is 1. The summed E-state index contributed by atoms with van der Waals surface area (Å²) in [6.45, 7) is 5.03. The topological polar surface area (TPSA) is 67.6 Å². The van der Waals surface area contributed by atoms with E-state index in [1.54, 1.807) is 0 Å². The highest BCUT2D eigenvalue weighted by atomic mass is 35.5. The molecule has 2 aliphatic rings. The van der Waals surface area contributed by atoms with Crippen LogP contribution < -0.4 is 15.8 Å². The first kappa shape index (κ1) is 19.9. The molecule has 1 aliphatic carbocycles. The molecule has 25 heavy (non-hydrogen) atoms. The number of urea groups is 1. The van der Waals surface area contributed by atoms with Gasteiger partial charge in [0, 0.05) is 25.7 Å². The van der Waals surface area contributed by atoms with Gasteiger partial charge in [-0.2, -0.15) is 0 Å². The number of fused-ring (bicyclic) bond motifs is 2. The lowest BCUT2D eigenvalue weighted by Crippen LogP contribution is -2.53. The van der Waals surface area contributed by atoms with Crippen molar-refractivity contribution in [2.75, 3.05) is 26.2 Å². The molecule has 0 radical (unpaired) electrons. The monoisotopic (exact) mass is 367 g/mol. The number of nitrogens with two attached hydrogens (primary N) is 1. The first-order valence-electron chi connectivity index (χ1n) is 9.17. The molecule has 2 bridgehead atoms. The molecule has 1 saturated carbocycles. The number of nitrogens with one attached hydrogen (secondary N) is 1. The number of piperidine rings is 1. The predicted octanol–water partition coefficient (Wildman–Crippen LogP) is 2.82. The maximum atomic E-state index is 12.3. The zero-order chi connectivity index (χ0) is 16.9. The minimum absolute atomic E-state index is 0. The van der Waals surface area contributed by atoms with Crippen LogP contribution in [0.2, 0.25) is 0 Å². The first-order chi connectivity index (χ1) is 11.7. The second-order valence-corrected chi connectivity index (χ2v) is 6.99.